The lowest BCUT2D eigenvalue weighted by atomic mass is 10.2. The number of aromatic nitrogens is 2. The van der Waals surface area contributed by atoms with Gasteiger partial charge in [-0.05, 0) is 42.3 Å². The van der Waals surface area contributed by atoms with Crippen LogP contribution in [0.4, 0.5) is 5.82 Å². The minimum absolute atomic E-state index is 0.151. The average Bonchev–Trinajstić information content (AvgIpc) is 3.36. The fraction of sp³-hybridized carbons (Fsp3) is 0.150. The molecule has 0 aliphatic carbocycles. The largest absolute Gasteiger partial charge is 0.497 e. The summed E-state index contributed by atoms with van der Waals surface area (Å²) in [4.78, 5) is 13.5. The number of hydrogen-bond donors (Lipinski definition) is 2. The number of fused-ring (bicyclic) bond motifs is 1. The van der Waals surface area contributed by atoms with Crippen LogP contribution in [0.1, 0.15) is 17.5 Å². The Morgan fingerprint density at radius 3 is 2.86 bits per heavy atom. The molecular formula is C20H17N5O3S. The fourth-order valence-corrected chi connectivity index (χ4v) is 3.75. The molecule has 9 heteroatoms. The van der Waals surface area contributed by atoms with Crippen LogP contribution in [0.15, 0.2) is 59.5 Å². The van der Waals surface area contributed by atoms with Gasteiger partial charge >= 0.3 is 0 Å². The summed E-state index contributed by atoms with van der Waals surface area (Å²) in [5, 5.41) is 16.2. The average molecular weight is 407 g/mol. The predicted molar refractivity (Wildman–Crippen MR) is 108 cm³/mol. The monoisotopic (exact) mass is 407 g/mol. The van der Waals surface area contributed by atoms with Crippen molar-refractivity contribution in [3.8, 4) is 17.5 Å². The summed E-state index contributed by atoms with van der Waals surface area (Å²) in [6, 6.07) is 18.5. The highest BCUT2D eigenvalue weighted by Gasteiger charge is 2.24. The quantitative estimate of drug-likeness (QED) is 0.606. The van der Waals surface area contributed by atoms with Crippen molar-refractivity contribution in [3.63, 3.8) is 0 Å². The molecule has 1 amide bonds. The van der Waals surface area contributed by atoms with Crippen LogP contribution in [-0.4, -0.2) is 29.4 Å². The third-order valence-electron chi connectivity index (χ3n) is 4.27. The molecule has 0 bridgehead atoms. The Labute approximate surface area is 171 Å². The van der Waals surface area contributed by atoms with Crippen molar-refractivity contribution in [2.24, 2.45) is 0 Å². The first-order valence-electron chi connectivity index (χ1n) is 8.75. The van der Waals surface area contributed by atoms with Crippen LogP contribution in [-0.2, 0) is 9.53 Å². The van der Waals surface area contributed by atoms with E-state index in [1.165, 1.54) is 22.7 Å². The Kier molecular flexibility index (Phi) is 5.48. The zero-order valence-electron chi connectivity index (χ0n) is 15.5. The highest BCUT2D eigenvalue weighted by atomic mass is 32.2. The number of nitrogens with zero attached hydrogens (tertiary/aromatic N) is 3. The van der Waals surface area contributed by atoms with Gasteiger partial charge in [0, 0.05) is 16.5 Å². The Morgan fingerprint density at radius 1 is 1.31 bits per heavy atom. The summed E-state index contributed by atoms with van der Waals surface area (Å²) in [6.45, 7) is -0.151. The van der Waals surface area contributed by atoms with Gasteiger partial charge in [0.1, 0.15) is 30.5 Å². The van der Waals surface area contributed by atoms with E-state index in [4.69, 9.17) is 9.47 Å². The molecule has 4 rings (SSSR count). The normalized spacial score (nSPS) is 14.8. The second-order valence-corrected chi connectivity index (χ2v) is 7.01. The second-order valence-electron chi connectivity index (χ2n) is 6.13. The van der Waals surface area contributed by atoms with E-state index in [-0.39, 0.29) is 24.4 Å². The van der Waals surface area contributed by atoms with Gasteiger partial charge in [-0.15, -0.1) is 0 Å². The number of rotatable bonds is 6. The molecule has 0 fully saturated rings. The van der Waals surface area contributed by atoms with Crippen LogP contribution < -0.4 is 14.8 Å². The van der Waals surface area contributed by atoms with Gasteiger partial charge in [-0.1, -0.05) is 18.2 Å². The van der Waals surface area contributed by atoms with E-state index in [1.54, 1.807) is 31.4 Å². The lowest BCUT2D eigenvalue weighted by molar-refractivity contribution is -0.122. The number of carbonyl (C=O) groups excluding carboxylic acids is 1. The Bertz CT molecular complexity index is 1070. The van der Waals surface area contributed by atoms with Crippen LogP contribution in [0.5, 0.6) is 5.75 Å². The van der Waals surface area contributed by atoms with E-state index >= 15 is 0 Å². The zero-order chi connectivity index (χ0) is 20.2. The van der Waals surface area contributed by atoms with Gasteiger partial charge in [0.05, 0.1) is 12.8 Å². The third kappa shape index (κ3) is 4.09. The van der Waals surface area contributed by atoms with Gasteiger partial charge in [0.15, 0.2) is 5.69 Å². The van der Waals surface area contributed by atoms with Crippen molar-refractivity contribution in [2.45, 2.75) is 11.1 Å². The van der Waals surface area contributed by atoms with E-state index in [1.807, 2.05) is 30.3 Å². The Hall–Kier alpha value is -3.32. The van der Waals surface area contributed by atoms with Crippen molar-refractivity contribution in [2.75, 3.05) is 19.0 Å². The topological polar surface area (TPSA) is 101 Å². The fourth-order valence-electron chi connectivity index (χ4n) is 2.88. The number of ether oxygens (including phenoxy) is 2. The summed E-state index contributed by atoms with van der Waals surface area (Å²) in [6.07, 6.45) is -0.358. The number of nitriles is 1. The molecule has 1 unspecified atom stereocenters. The van der Waals surface area contributed by atoms with Crippen LogP contribution in [0, 0.1) is 11.3 Å². The minimum Gasteiger partial charge on any atom is -0.497 e. The van der Waals surface area contributed by atoms with E-state index in [9.17, 15) is 10.1 Å². The van der Waals surface area contributed by atoms with Crippen molar-refractivity contribution in [1.82, 2.24) is 14.5 Å². The van der Waals surface area contributed by atoms with Gasteiger partial charge in [-0.2, -0.15) is 10.4 Å². The Morgan fingerprint density at radius 2 is 2.10 bits per heavy atom. The third-order valence-corrected chi connectivity index (χ3v) is 5.19. The molecule has 0 saturated carbocycles. The molecule has 146 valence electrons. The highest BCUT2D eigenvalue weighted by molar-refractivity contribution is 7.97. The SMILES string of the molecule is COc1ccc(-n2nc(C#N)cc2NC(=O)COC2NSc3ccccc32)cc1. The highest BCUT2D eigenvalue weighted by Crippen LogP contribution is 2.35. The summed E-state index contributed by atoms with van der Waals surface area (Å²) in [5.41, 5.74) is 1.88. The molecular weight excluding hydrogens is 390 g/mol. The zero-order valence-corrected chi connectivity index (χ0v) is 16.3. The molecule has 0 radical (unpaired) electrons. The molecule has 2 heterocycles. The number of carbonyl (C=O) groups is 1. The maximum Gasteiger partial charge on any atom is 0.251 e. The summed E-state index contributed by atoms with van der Waals surface area (Å²) in [5.74, 6) is 0.734. The van der Waals surface area contributed by atoms with E-state index in [0.717, 1.165) is 10.5 Å². The molecule has 3 aromatic rings. The number of amides is 1. The summed E-state index contributed by atoms with van der Waals surface area (Å²) < 4.78 is 15.5. The van der Waals surface area contributed by atoms with Gasteiger partial charge < -0.3 is 14.8 Å². The first kappa shape index (κ1) is 19.0. The maximum atomic E-state index is 12.4. The maximum absolute atomic E-state index is 12.4. The first-order chi connectivity index (χ1) is 14.2. The van der Waals surface area contributed by atoms with Crippen LogP contribution >= 0.6 is 11.9 Å². The molecule has 0 spiro atoms. The molecule has 2 aromatic carbocycles. The van der Waals surface area contributed by atoms with Gasteiger partial charge in [-0.25, -0.2) is 9.40 Å². The number of methoxy groups -OCH3 is 1. The van der Waals surface area contributed by atoms with Crippen LogP contribution in [0.2, 0.25) is 0 Å². The molecule has 0 saturated heterocycles. The predicted octanol–water partition coefficient (Wildman–Crippen LogP) is 3.02. The standard InChI is InChI=1S/C20H17N5O3S/c1-27-15-8-6-14(7-9-15)25-18(10-13(11-21)23-25)22-19(26)12-28-20-16-4-2-3-5-17(16)29-24-20/h2-10,20,24H,12H2,1H3,(H,22,26). The first-order valence-corrected chi connectivity index (χ1v) is 9.57. The summed E-state index contributed by atoms with van der Waals surface area (Å²) in [7, 11) is 1.58. The number of benzene rings is 2. The van der Waals surface area contributed by atoms with E-state index in [2.05, 4.69) is 15.1 Å². The van der Waals surface area contributed by atoms with E-state index < -0.39 is 0 Å². The van der Waals surface area contributed by atoms with Crippen LogP contribution in [0.25, 0.3) is 5.69 Å². The van der Waals surface area contributed by atoms with Gasteiger partial charge in [-0.3, -0.25) is 4.79 Å². The van der Waals surface area contributed by atoms with E-state index in [0.29, 0.717) is 17.3 Å². The molecule has 1 aliphatic heterocycles. The lowest BCUT2D eigenvalue weighted by Gasteiger charge is -2.13. The van der Waals surface area contributed by atoms with Crippen molar-refractivity contribution < 1.29 is 14.3 Å². The van der Waals surface area contributed by atoms with Gasteiger partial charge in [0.2, 0.25) is 0 Å². The Balaban J connectivity index is 1.45. The van der Waals surface area contributed by atoms with Crippen LogP contribution in [0.3, 0.4) is 0 Å². The van der Waals surface area contributed by atoms with Crippen molar-refractivity contribution >= 4 is 23.7 Å². The molecule has 2 N–H and O–H groups in total. The van der Waals surface area contributed by atoms with Crippen molar-refractivity contribution in [1.29, 1.82) is 5.26 Å². The van der Waals surface area contributed by atoms with Gasteiger partial charge in [0.25, 0.3) is 5.91 Å². The number of hydrogen-bond acceptors (Lipinski definition) is 7. The molecule has 29 heavy (non-hydrogen) atoms. The molecule has 8 nitrogen and oxygen atoms in total. The minimum atomic E-state index is -0.358. The summed E-state index contributed by atoms with van der Waals surface area (Å²) >= 11 is 1.47. The molecule has 1 aliphatic rings. The number of anilines is 1. The van der Waals surface area contributed by atoms with Crippen molar-refractivity contribution in [3.05, 3.63) is 65.9 Å². The lowest BCUT2D eigenvalue weighted by Crippen LogP contribution is -2.23. The molecule has 1 aromatic heterocycles. The number of nitrogens with one attached hydrogen (secondary N) is 2. The molecule has 1 atom stereocenters. The second kappa shape index (κ2) is 8.36. The smallest absolute Gasteiger partial charge is 0.251 e.